The SMILES string of the molecule is CS(=O)(=O)Nc1ccccc1NC(=O)c1cncc(Br)c1. The average molecular weight is 370 g/mol. The van der Waals surface area contributed by atoms with E-state index >= 15 is 0 Å². The van der Waals surface area contributed by atoms with Crippen LogP contribution in [0.25, 0.3) is 0 Å². The molecule has 0 bridgehead atoms. The first kappa shape index (κ1) is 15.5. The molecule has 0 saturated carbocycles. The molecule has 21 heavy (non-hydrogen) atoms. The lowest BCUT2D eigenvalue weighted by Crippen LogP contribution is -2.16. The summed E-state index contributed by atoms with van der Waals surface area (Å²) in [6.45, 7) is 0. The molecule has 6 nitrogen and oxygen atoms in total. The maximum atomic E-state index is 12.1. The van der Waals surface area contributed by atoms with Crippen molar-refractivity contribution in [3.63, 3.8) is 0 Å². The maximum Gasteiger partial charge on any atom is 0.257 e. The second-order valence-electron chi connectivity index (χ2n) is 4.27. The minimum Gasteiger partial charge on any atom is -0.320 e. The van der Waals surface area contributed by atoms with Gasteiger partial charge in [0.15, 0.2) is 0 Å². The Hall–Kier alpha value is -1.93. The number of pyridine rings is 1. The molecule has 1 amide bonds. The zero-order valence-electron chi connectivity index (χ0n) is 11.0. The predicted octanol–water partition coefficient (Wildman–Crippen LogP) is 2.47. The van der Waals surface area contributed by atoms with Crippen LogP contribution in [0.3, 0.4) is 0 Å². The molecule has 110 valence electrons. The average Bonchev–Trinajstić information content (AvgIpc) is 2.39. The van der Waals surface area contributed by atoms with Gasteiger partial charge in [-0.1, -0.05) is 12.1 Å². The van der Waals surface area contributed by atoms with Crippen LogP contribution < -0.4 is 10.0 Å². The quantitative estimate of drug-likeness (QED) is 0.866. The number of aromatic nitrogens is 1. The number of hydrogen-bond acceptors (Lipinski definition) is 4. The van der Waals surface area contributed by atoms with Gasteiger partial charge in [0.05, 0.1) is 23.2 Å². The first-order valence-electron chi connectivity index (χ1n) is 5.84. The van der Waals surface area contributed by atoms with Crippen LogP contribution in [0.15, 0.2) is 47.2 Å². The molecule has 1 heterocycles. The molecule has 0 atom stereocenters. The molecular formula is C13H12BrN3O3S. The summed E-state index contributed by atoms with van der Waals surface area (Å²) >= 11 is 3.24. The van der Waals surface area contributed by atoms with Crippen molar-refractivity contribution in [2.75, 3.05) is 16.3 Å². The Kier molecular flexibility index (Phi) is 4.59. The summed E-state index contributed by atoms with van der Waals surface area (Å²) in [6, 6.07) is 8.16. The van der Waals surface area contributed by atoms with Crippen molar-refractivity contribution in [2.24, 2.45) is 0 Å². The molecule has 0 aliphatic heterocycles. The van der Waals surface area contributed by atoms with Crippen LogP contribution in [-0.4, -0.2) is 25.6 Å². The highest BCUT2D eigenvalue weighted by Crippen LogP contribution is 2.22. The number of anilines is 2. The van der Waals surface area contributed by atoms with E-state index in [-0.39, 0.29) is 5.91 Å². The first-order chi connectivity index (χ1) is 9.85. The van der Waals surface area contributed by atoms with Crippen molar-refractivity contribution in [1.82, 2.24) is 4.98 Å². The molecule has 0 spiro atoms. The Morgan fingerprint density at radius 3 is 2.48 bits per heavy atom. The third-order valence-corrected chi connectivity index (χ3v) is 3.46. The molecule has 2 aromatic rings. The number of nitrogens with zero attached hydrogens (tertiary/aromatic N) is 1. The Bertz CT molecular complexity index is 778. The minimum absolute atomic E-state index is 0.302. The number of benzene rings is 1. The van der Waals surface area contributed by atoms with E-state index in [1.54, 1.807) is 36.5 Å². The number of sulfonamides is 1. The lowest BCUT2D eigenvalue weighted by atomic mass is 10.2. The summed E-state index contributed by atoms with van der Waals surface area (Å²) in [7, 11) is -3.43. The Balaban J connectivity index is 2.26. The summed E-state index contributed by atoms with van der Waals surface area (Å²) in [5.41, 5.74) is 1.03. The van der Waals surface area contributed by atoms with Gasteiger partial charge in [0.2, 0.25) is 10.0 Å². The maximum absolute atomic E-state index is 12.1. The predicted molar refractivity (Wildman–Crippen MR) is 84.8 cm³/mol. The van der Waals surface area contributed by atoms with Crippen LogP contribution in [0.5, 0.6) is 0 Å². The fraction of sp³-hybridized carbons (Fsp3) is 0.0769. The molecule has 1 aromatic carbocycles. The van der Waals surface area contributed by atoms with Gasteiger partial charge in [-0.25, -0.2) is 8.42 Å². The highest BCUT2D eigenvalue weighted by Gasteiger charge is 2.11. The fourth-order valence-corrected chi connectivity index (χ4v) is 2.55. The van der Waals surface area contributed by atoms with E-state index in [2.05, 4.69) is 31.0 Å². The molecule has 8 heteroatoms. The second-order valence-corrected chi connectivity index (χ2v) is 6.93. The Morgan fingerprint density at radius 1 is 1.19 bits per heavy atom. The molecule has 0 radical (unpaired) electrons. The highest BCUT2D eigenvalue weighted by atomic mass is 79.9. The zero-order chi connectivity index (χ0) is 15.5. The monoisotopic (exact) mass is 369 g/mol. The summed E-state index contributed by atoms with van der Waals surface area (Å²) in [5.74, 6) is -0.383. The molecule has 0 fully saturated rings. The third kappa shape index (κ3) is 4.54. The van der Waals surface area contributed by atoms with Crippen LogP contribution in [0.1, 0.15) is 10.4 Å². The highest BCUT2D eigenvalue weighted by molar-refractivity contribution is 9.10. The Morgan fingerprint density at radius 2 is 1.86 bits per heavy atom. The van der Waals surface area contributed by atoms with Gasteiger partial charge in [-0.3, -0.25) is 14.5 Å². The number of hydrogen-bond donors (Lipinski definition) is 2. The number of carbonyl (C=O) groups is 1. The summed E-state index contributed by atoms with van der Waals surface area (Å²) in [4.78, 5) is 16.0. The van der Waals surface area contributed by atoms with Gasteiger partial charge in [0, 0.05) is 16.9 Å². The number of halogens is 1. The van der Waals surface area contributed by atoms with Gasteiger partial charge in [-0.05, 0) is 34.1 Å². The van der Waals surface area contributed by atoms with Crippen LogP contribution in [0.2, 0.25) is 0 Å². The molecular weight excluding hydrogens is 358 g/mol. The lowest BCUT2D eigenvalue weighted by Gasteiger charge is -2.11. The summed E-state index contributed by atoms with van der Waals surface area (Å²) in [6.07, 6.45) is 4.03. The van der Waals surface area contributed by atoms with Crippen molar-refractivity contribution < 1.29 is 13.2 Å². The number of amides is 1. The topological polar surface area (TPSA) is 88.2 Å². The van der Waals surface area contributed by atoms with Crippen LogP contribution in [0, 0.1) is 0 Å². The van der Waals surface area contributed by atoms with E-state index in [4.69, 9.17) is 0 Å². The molecule has 2 rings (SSSR count). The minimum atomic E-state index is -3.43. The van der Waals surface area contributed by atoms with Gasteiger partial charge in [0.25, 0.3) is 5.91 Å². The number of nitrogens with one attached hydrogen (secondary N) is 2. The second kappa shape index (κ2) is 6.23. The largest absolute Gasteiger partial charge is 0.320 e. The van der Waals surface area contributed by atoms with Crippen molar-refractivity contribution in [3.8, 4) is 0 Å². The lowest BCUT2D eigenvalue weighted by molar-refractivity contribution is 0.102. The van der Waals surface area contributed by atoms with Gasteiger partial charge in [-0.15, -0.1) is 0 Å². The van der Waals surface area contributed by atoms with E-state index in [1.807, 2.05) is 0 Å². The fourth-order valence-electron chi connectivity index (χ4n) is 1.61. The normalized spacial score (nSPS) is 11.0. The molecule has 0 saturated heterocycles. The van der Waals surface area contributed by atoms with Crippen molar-refractivity contribution in [1.29, 1.82) is 0 Å². The van der Waals surface area contributed by atoms with E-state index in [0.717, 1.165) is 6.26 Å². The van der Waals surface area contributed by atoms with Crippen LogP contribution in [-0.2, 0) is 10.0 Å². The molecule has 0 unspecified atom stereocenters. The van der Waals surface area contributed by atoms with Gasteiger partial charge in [0.1, 0.15) is 0 Å². The van der Waals surface area contributed by atoms with E-state index in [0.29, 0.717) is 21.4 Å². The molecule has 0 aliphatic rings. The van der Waals surface area contributed by atoms with E-state index < -0.39 is 10.0 Å². The standard InChI is InChI=1S/C13H12BrN3O3S/c1-21(19,20)17-12-5-3-2-4-11(12)16-13(18)9-6-10(14)8-15-7-9/h2-8,17H,1H3,(H,16,18). The van der Waals surface area contributed by atoms with Crippen LogP contribution in [0.4, 0.5) is 11.4 Å². The van der Waals surface area contributed by atoms with Crippen molar-refractivity contribution in [3.05, 3.63) is 52.8 Å². The molecule has 0 aliphatic carbocycles. The van der Waals surface area contributed by atoms with Crippen LogP contribution >= 0.6 is 15.9 Å². The van der Waals surface area contributed by atoms with Crippen molar-refractivity contribution >= 4 is 43.2 Å². The third-order valence-electron chi connectivity index (χ3n) is 2.44. The zero-order valence-corrected chi connectivity index (χ0v) is 13.4. The first-order valence-corrected chi connectivity index (χ1v) is 8.52. The summed E-state index contributed by atoms with van der Waals surface area (Å²) < 4.78 is 25.7. The van der Waals surface area contributed by atoms with Gasteiger partial charge >= 0.3 is 0 Å². The van der Waals surface area contributed by atoms with Gasteiger partial charge < -0.3 is 5.32 Å². The van der Waals surface area contributed by atoms with Crippen molar-refractivity contribution in [2.45, 2.75) is 0 Å². The Labute approximate surface area is 130 Å². The number of carbonyl (C=O) groups excluding carboxylic acids is 1. The molecule has 1 aromatic heterocycles. The van der Waals surface area contributed by atoms with E-state index in [9.17, 15) is 13.2 Å². The number of para-hydroxylation sites is 2. The van der Waals surface area contributed by atoms with E-state index in [1.165, 1.54) is 6.20 Å². The summed E-state index contributed by atoms with van der Waals surface area (Å²) in [5, 5.41) is 2.65. The van der Waals surface area contributed by atoms with Gasteiger partial charge in [-0.2, -0.15) is 0 Å². The number of rotatable bonds is 4. The molecule has 2 N–H and O–H groups in total. The smallest absolute Gasteiger partial charge is 0.257 e.